The molecular weight excluding hydrogens is 186 g/mol. The molecule has 0 heterocycles. The number of carbonyl (C=O) groups excluding carboxylic acids is 1. The molecule has 1 aromatic carbocycles. The number of benzene rings is 1. The number of alkyl halides is 1. The lowest BCUT2D eigenvalue weighted by Crippen LogP contribution is -2.06. The summed E-state index contributed by atoms with van der Waals surface area (Å²) in [5.74, 6) is -2.91. The summed E-state index contributed by atoms with van der Waals surface area (Å²) < 4.78 is 25.5. The van der Waals surface area contributed by atoms with Crippen molar-refractivity contribution in [1.82, 2.24) is 0 Å². The second-order valence-electron chi connectivity index (χ2n) is 2.15. The third-order valence-corrected chi connectivity index (χ3v) is 1.61. The number of hydrogen-bond acceptors (Lipinski definition) is 1. The molecule has 0 saturated carbocycles. The van der Waals surface area contributed by atoms with Crippen molar-refractivity contribution in [2.45, 2.75) is 0 Å². The van der Waals surface area contributed by atoms with Gasteiger partial charge in [-0.3, -0.25) is 4.79 Å². The van der Waals surface area contributed by atoms with Gasteiger partial charge in [0, 0.05) is 0 Å². The first kappa shape index (κ1) is 9.13. The molecule has 0 aromatic heterocycles. The van der Waals surface area contributed by atoms with E-state index in [-0.39, 0.29) is 0 Å². The van der Waals surface area contributed by atoms with E-state index in [1.54, 1.807) is 0 Å². The van der Waals surface area contributed by atoms with Crippen LogP contribution in [0.15, 0.2) is 18.2 Å². The summed E-state index contributed by atoms with van der Waals surface area (Å²) in [7, 11) is 0. The first-order chi connectivity index (χ1) is 5.66. The van der Waals surface area contributed by atoms with Crippen LogP contribution >= 0.6 is 11.6 Å². The molecule has 0 aliphatic heterocycles. The molecule has 0 fully saturated rings. The van der Waals surface area contributed by atoms with E-state index >= 15 is 0 Å². The molecule has 4 heteroatoms. The first-order valence-corrected chi connectivity index (χ1v) is 3.73. The van der Waals surface area contributed by atoms with Gasteiger partial charge in [-0.15, -0.1) is 11.6 Å². The van der Waals surface area contributed by atoms with Gasteiger partial charge in [-0.1, -0.05) is 6.07 Å². The van der Waals surface area contributed by atoms with E-state index in [4.69, 9.17) is 11.6 Å². The molecule has 1 rings (SSSR count). The van der Waals surface area contributed by atoms with E-state index in [1.807, 2.05) is 0 Å². The fraction of sp³-hybridized carbons (Fsp3) is 0.125. The molecular formula is C8H5ClF2O. The normalized spacial score (nSPS) is 9.92. The molecule has 0 N–H and O–H groups in total. The molecule has 0 saturated heterocycles. The van der Waals surface area contributed by atoms with Gasteiger partial charge in [0.25, 0.3) is 0 Å². The number of carbonyl (C=O) groups is 1. The van der Waals surface area contributed by atoms with Gasteiger partial charge >= 0.3 is 0 Å². The Balaban J connectivity index is 3.21. The van der Waals surface area contributed by atoms with Crippen LogP contribution < -0.4 is 0 Å². The zero-order chi connectivity index (χ0) is 9.14. The van der Waals surface area contributed by atoms with Crippen molar-refractivity contribution in [2.75, 3.05) is 5.88 Å². The monoisotopic (exact) mass is 190 g/mol. The summed E-state index contributed by atoms with van der Waals surface area (Å²) >= 11 is 5.15. The Labute approximate surface area is 73.0 Å². The summed E-state index contributed by atoms with van der Waals surface area (Å²) in [6, 6.07) is 3.22. The minimum atomic E-state index is -0.874. The minimum absolute atomic E-state index is 0.419. The maximum Gasteiger partial charge on any atom is 0.183 e. The molecule has 0 bridgehead atoms. The van der Waals surface area contributed by atoms with Crippen LogP contribution in [-0.4, -0.2) is 11.7 Å². The van der Waals surface area contributed by atoms with E-state index < -0.39 is 28.9 Å². The molecule has 0 spiro atoms. The second-order valence-corrected chi connectivity index (χ2v) is 2.42. The zero-order valence-electron chi connectivity index (χ0n) is 5.98. The highest BCUT2D eigenvalue weighted by atomic mass is 35.5. The lowest BCUT2D eigenvalue weighted by molar-refractivity contribution is 0.101. The number of ketones is 1. The van der Waals surface area contributed by atoms with Crippen molar-refractivity contribution >= 4 is 17.4 Å². The summed E-state index contributed by atoms with van der Waals surface area (Å²) in [4.78, 5) is 10.8. The van der Waals surface area contributed by atoms with Gasteiger partial charge in [0.05, 0.1) is 11.4 Å². The Hall–Kier alpha value is -0.960. The summed E-state index contributed by atoms with van der Waals surface area (Å²) in [5, 5.41) is 0. The molecule has 64 valence electrons. The highest BCUT2D eigenvalue weighted by Gasteiger charge is 2.14. The van der Waals surface area contributed by atoms with Crippen molar-refractivity contribution in [1.29, 1.82) is 0 Å². The Bertz CT molecular complexity index is 292. The zero-order valence-corrected chi connectivity index (χ0v) is 6.74. The van der Waals surface area contributed by atoms with Gasteiger partial charge < -0.3 is 0 Å². The SMILES string of the molecule is O=C(CCl)c1c(F)cccc1F. The van der Waals surface area contributed by atoms with Gasteiger partial charge in [-0.25, -0.2) is 8.78 Å². The number of halogens is 3. The fourth-order valence-electron chi connectivity index (χ4n) is 0.831. The molecule has 1 aromatic rings. The molecule has 0 unspecified atom stereocenters. The van der Waals surface area contributed by atoms with Gasteiger partial charge in [0.2, 0.25) is 0 Å². The van der Waals surface area contributed by atoms with Crippen LogP contribution in [0.3, 0.4) is 0 Å². The van der Waals surface area contributed by atoms with Crippen molar-refractivity contribution in [3.05, 3.63) is 35.4 Å². The number of Topliss-reactive ketones (excluding diaryl/α,β-unsaturated/α-hetero) is 1. The summed E-state index contributed by atoms with van der Waals surface area (Å²) in [6.07, 6.45) is 0. The third-order valence-electron chi connectivity index (χ3n) is 1.36. The van der Waals surface area contributed by atoms with Gasteiger partial charge in [-0.2, -0.15) is 0 Å². The summed E-state index contributed by atoms with van der Waals surface area (Å²) in [6.45, 7) is 0. The van der Waals surface area contributed by atoms with Crippen LogP contribution in [0.4, 0.5) is 8.78 Å². The molecule has 12 heavy (non-hydrogen) atoms. The maximum atomic E-state index is 12.8. The Morgan fingerprint density at radius 2 is 1.83 bits per heavy atom. The first-order valence-electron chi connectivity index (χ1n) is 3.20. The van der Waals surface area contributed by atoms with Crippen LogP contribution in [0.5, 0.6) is 0 Å². The molecule has 0 radical (unpaired) electrons. The van der Waals surface area contributed by atoms with Crippen LogP contribution in [0, 0.1) is 11.6 Å². The largest absolute Gasteiger partial charge is 0.293 e. The lowest BCUT2D eigenvalue weighted by atomic mass is 10.1. The molecule has 0 aliphatic rings. The average molecular weight is 191 g/mol. The Morgan fingerprint density at radius 3 is 2.25 bits per heavy atom. The van der Waals surface area contributed by atoms with Crippen molar-refractivity contribution in [2.24, 2.45) is 0 Å². The number of hydrogen-bond donors (Lipinski definition) is 0. The van der Waals surface area contributed by atoms with Crippen LogP contribution in [0.25, 0.3) is 0 Å². The Morgan fingerprint density at radius 1 is 1.33 bits per heavy atom. The van der Waals surface area contributed by atoms with Crippen molar-refractivity contribution in [3.8, 4) is 0 Å². The minimum Gasteiger partial charge on any atom is -0.293 e. The number of rotatable bonds is 2. The van der Waals surface area contributed by atoms with Gasteiger partial charge in [0.1, 0.15) is 11.6 Å². The standard InChI is InChI=1S/C8H5ClF2O/c9-4-7(12)8-5(10)2-1-3-6(8)11/h1-3H,4H2. The average Bonchev–Trinajstić information content (AvgIpc) is 2.03. The molecule has 0 amide bonds. The smallest absolute Gasteiger partial charge is 0.183 e. The second kappa shape index (κ2) is 3.63. The highest BCUT2D eigenvalue weighted by Crippen LogP contribution is 2.12. The van der Waals surface area contributed by atoms with Crippen LogP contribution in [0.2, 0.25) is 0 Å². The van der Waals surface area contributed by atoms with E-state index in [1.165, 1.54) is 6.07 Å². The van der Waals surface area contributed by atoms with E-state index in [0.717, 1.165) is 12.1 Å². The maximum absolute atomic E-state index is 12.8. The summed E-state index contributed by atoms with van der Waals surface area (Å²) in [5.41, 5.74) is -0.562. The lowest BCUT2D eigenvalue weighted by Gasteiger charge is -1.99. The highest BCUT2D eigenvalue weighted by molar-refractivity contribution is 6.30. The van der Waals surface area contributed by atoms with Crippen molar-refractivity contribution < 1.29 is 13.6 Å². The fourth-order valence-corrected chi connectivity index (χ4v) is 0.965. The third kappa shape index (κ3) is 1.61. The van der Waals surface area contributed by atoms with Crippen LogP contribution in [0.1, 0.15) is 10.4 Å². The quantitative estimate of drug-likeness (QED) is 0.517. The van der Waals surface area contributed by atoms with Crippen LogP contribution in [-0.2, 0) is 0 Å². The van der Waals surface area contributed by atoms with Gasteiger partial charge in [0.15, 0.2) is 5.78 Å². The molecule has 0 aliphatic carbocycles. The van der Waals surface area contributed by atoms with Crippen molar-refractivity contribution in [3.63, 3.8) is 0 Å². The van der Waals surface area contributed by atoms with Gasteiger partial charge in [-0.05, 0) is 12.1 Å². The molecule has 0 atom stereocenters. The Kier molecular flexibility index (Phi) is 2.76. The predicted octanol–water partition coefficient (Wildman–Crippen LogP) is 2.39. The topological polar surface area (TPSA) is 17.1 Å². The van der Waals surface area contributed by atoms with E-state index in [9.17, 15) is 13.6 Å². The van der Waals surface area contributed by atoms with E-state index in [2.05, 4.69) is 0 Å². The predicted molar refractivity (Wildman–Crippen MR) is 41.4 cm³/mol. The molecule has 1 nitrogen and oxygen atoms in total. The van der Waals surface area contributed by atoms with E-state index in [0.29, 0.717) is 0 Å².